The van der Waals surface area contributed by atoms with Crippen LogP contribution in [0.3, 0.4) is 0 Å². The van der Waals surface area contributed by atoms with Crippen LogP contribution in [0.25, 0.3) is 0 Å². The predicted molar refractivity (Wildman–Crippen MR) is 94.6 cm³/mol. The summed E-state index contributed by atoms with van der Waals surface area (Å²) in [6, 6.07) is 19.7. The summed E-state index contributed by atoms with van der Waals surface area (Å²) in [4.78, 5) is 28.7. The van der Waals surface area contributed by atoms with Crippen molar-refractivity contribution in [2.24, 2.45) is 5.92 Å². The minimum atomic E-state index is -0.656. The lowest BCUT2D eigenvalue weighted by atomic mass is 9.78. The summed E-state index contributed by atoms with van der Waals surface area (Å²) in [5, 5.41) is 3.13. The molecule has 1 N–H and O–H groups in total. The van der Waals surface area contributed by atoms with E-state index in [1.54, 1.807) is 7.05 Å². The van der Waals surface area contributed by atoms with E-state index in [2.05, 4.69) is 22.3 Å². The Kier molecular flexibility index (Phi) is 3.81. The molecule has 4 rings (SSSR count). The molecule has 2 aliphatic rings. The van der Waals surface area contributed by atoms with Crippen LogP contribution in [-0.2, 0) is 16.9 Å². The van der Waals surface area contributed by atoms with Crippen LogP contribution in [0.5, 0.6) is 0 Å². The van der Waals surface area contributed by atoms with Gasteiger partial charge in [-0.1, -0.05) is 60.7 Å². The minimum absolute atomic E-state index is 0.108. The van der Waals surface area contributed by atoms with Gasteiger partial charge in [-0.15, -0.1) is 0 Å². The maximum atomic E-state index is 12.8. The lowest BCUT2D eigenvalue weighted by Gasteiger charge is -2.42. The first kappa shape index (κ1) is 15.8. The first-order chi connectivity index (χ1) is 12.1. The fourth-order valence-corrected chi connectivity index (χ4v) is 4.03. The summed E-state index contributed by atoms with van der Waals surface area (Å²) >= 11 is 0. The van der Waals surface area contributed by atoms with E-state index in [4.69, 9.17) is 0 Å². The van der Waals surface area contributed by atoms with Crippen LogP contribution in [0.15, 0.2) is 60.7 Å². The lowest BCUT2D eigenvalue weighted by molar-refractivity contribution is -0.135. The molecule has 0 aliphatic carbocycles. The van der Waals surface area contributed by atoms with Crippen molar-refractivity contribution >= 4 is 11.9 Å². The molecule has 3 amide bonds. The fourth-order valence-electron chi connectivity index (χ4n) is 4.03. The van der Waals surface area contributed by atoms with Gasteiger partial charge in [-0.3, -0.25) is 14.6 Å². The number of urea groups is 1. The number of carbonyl (C=O) groups excluding carboxylic acids is 2. The number of fused-ring (bicyclic) bond motifs is 1. The molecule has 0 unspecified atom stereocenters. The van der Waals surface area contributed by atoms with Crippen molar-refractivity contribution in [1.29, 1.82) is 0 Å². The Labute approximate surface area is 147 Å². The molecule has 2 heterocycles. The maximum absolute atomic E-state index is 12.8. The smallest absolute Gasteiger partial charge is 0.324 e. The molecule has 0 spiro atoms. The molecule has 2 atom stereocenters. The Bertz CT molecular complexity index is 793. The van der Waals surface area contributed by atoms with Crippen LogP contribution in [0, 0.1) is 5.92 Å². The average molecular weight is 335 g/mol. The molecular formula is C20H21N3O2. The minimum Gasteiger partial charge on any atom is -0.326 e. The van der Waals surface area contributed by atoms with E-state index in [0.29, 0.717) is 13.1 Å². The van der Waals surface area contributed by atoms with Crippen molar-refractivity contribution < 1.29 is 9.59 Å². The zero-order valence-electron chi connectivity index (χ0n) is 14.2. The van der Waals surface area contributed by atoms with Crippen molar-refractivity contribution in [3.05, 3.63) is 71.8 Å². The third kappa shape index (κ3) is 2.61. The van der Waals surface area contributed by atoms with Gasteiger partial charge in [0.15, 0.2) is 0 Å². The van der Waals surface area contributed by atoms with Gasteiger partial charge in [0.2, 0.25) is 5.91 Å². The van der Waals surface area contributed by atoms with Crippen LogP contribution in [-0.4, -0.2) is 41.9 Å². The molecule has 25 heavy (non-hydrogen) atoms. The Morgan fingerprint density at radius 2 is 1.68 bits per heavy atom. The van der Waals surface area contributed by atoms with E-state index in [1.807, 2.05) is 48.5 Å². The molecule has 0 aromatic heterocycles. The van der Waals surface area contributed by atoms with Gasteiger partial charge in [-0.05, 0) is 11.1 Å². The van der Waals surface area contributed by atoms with Crippen molar-refractivity contribution in [3.63, 3.8) is 0 Å². The Morgan fingerprint density at radius 3 is 2.36 bits per heavy atom. The third-order valence-electron chi connectivity index (χ3n) is 5.31. The van der Waals surface area contributed by atoms with E-state index in [0.717, 1.165) is 12.1 Å². The van der Waals surface area contributed by atoms with Gasteiger partial charge in [-0.25, -0.2) is 4.79 Å². The summed E-state index contributed by atoms with van der Waals surface area (Å²) < 4.78 is 0. The quantitative estimate of drug-likeness (QED) is 0.935. The van der Waals surface area contributed by atoms with Gasteiger partial charge in [0.1, 0.15) is 0 Å². The number of hydrogen-bond acceptors (Lipinski definition) is 3. The number of nitrogens with zero attached hydrogens (tertiary/aromatic N) is 2. The second-order valence-corrected chi connectivity index (χ2v) is 6.87. The summed E-state index contributed by atoms with van der Waals surface area (Å²) in [6.07, 6.45) is 0. The summed E-state index contributed by atoms with van der Waals surface area (Å²) in [5.41, 5.74) is 1.54. The van der Waals surface area contributed by atoms with Crippen molar-refractivity contribution in [2.75, 3.05) is 20.1 Å². The van der Waals surface area contributed by atoms with Crippen molar-refractivity contribution in [1.82, 2.24) is 15.1 Å². The highest BCUT2D eigenvalue weighted by Crippen LogP contribution is 2.41. The highest BCUT2D eigenvalue weighted by Gasteiger charge is 2.56. The Balaban J connectivity index is 1.70. The predicted octanol–water partition coefficient (Wildman–Crippen LogP) is 2.20. The summed E-state index contributed by atoms with van der Waals surface area (Å²) in [5.74, 6) is -0.385. The molecule has 5 heteroatoms. The van der Waals surface area contributed by atoms with Gasteiger partial charge in [0, 0.05) is 26.7 Å². The number of benzene rings is 2. The van der Waals surface area contributed by atoms with Gasteiger partial charge in [0.05, 0.1) is 11.5 Å². The number of rotatable bonds is 3. The number of amides is 3. The molecule has 2 saturated heterocycles. The van der Waals surface area contributed by atoms with Crippen LogP contribution >= 0.6 is 0 Å². The van der Waals surface area contributed by atoms with Gasteiger partial charge in [0.25, 0.3) is 0 Å². The molecule has 2 aromatic carbocycles. The first-order valence-electron chi connectivity index (χ1n) is 8.52. The number of likely N-dealkylation sites (tertiary alicyclic amines) is 1. The third-order valence-corrected chi connectivity index (χ3v) is 5.31. The van der Waals surface area contributed by atoms with E-state index in [1.165, 1.54) is 10.5 Å². The zero-order chi connectivity index (χ0) is 17.4. The number of imide groups is 1. The van der Waals surface area contributed by atoms with E-state index in [9.17, 15) is 9.59 Å². The second kappa shape index (κ2) is 6.01. The number of carbonyl (C=O) groups is 2. The van der Waals surface area contributed by atoms with Crippen LogP contribution in [0.1, 0.15) is 11.1 Å². The first-order valence-corrected chi connectivity index (χ1v) is 8.52. The molecule has 2 fully saturated rings. The van der Waals surface area contributed by atoms with Gasteiger partial charge < -0.3 is 5.32 Å². The highest BCUT2D eigenvalue weighted by molar-refractivity contribution is 5.99. The van der Waals surface area contributed by atoms with Crippen molar-refractivity contribution in [3.8, 4) is 0 Å². The summed E-state index contributed by atoms with van der Waals surface area (Å²) in [7, 11) is 1.55. The highest BCUT2D eigenvalue weighted by atomic mass is 16.2. The van der Waals surface area contributed by atoms with E-state index in [-0.39, 0.29) is 17.9 Å². The average Bonchev–Trinajstić information content (AvgIpc) is 3.01. The molecule has 0 bridgehead atoms. The number of nitrogens with one attached hydrogen (secondary N) is 1. The standard InChI is InChI=1S/C20H21N3O2/c1-22-18(24)17-13-23(12-15-8-4-2-5-9-15)14-20(17,21-19(22)25)16-10-6-3-7-11-16/h2-11,17H,12-14H2,1H3,(H,21,25)/t17-,20+/m1/s1. The van der Waals surface area contributed by atoms with Gasteiger partial charge in [-0.2, -0.15) is 0 Å². The van der Waals surface area contributed by atoms with E-state index < -0.39 is 5.54 Å². The second-order valence-electron chi connectivity index (χ2n) is 6.87. The van der Waals surface area contributed by atoms with Crippen molar-refractivity contribution in [2.45, 2.75) is 12.1 Å². The molecule has 2 aliphatic heterocycles. The maximum Gasteiger partial charge on any atom is 0.324 e. The molecule has 128 valence electrons. The fraction of sp³-hybridized carbons (Fsp3) is 0.300. The zero-order valence-corrected chi connectivity index (χ0v) is 14.2. The Morgan fingerprint density at radius 1 is 1.04 bits per heavy atom. The SMILES string of the molecule is CN1C(=O)N[C@]2(c3ccccc3)CN(Cc3ccccc3)C[C@@H]2C1=O. The molecule has 0 radical (unpaired) electrons. The summed E-state index contributed by atoms with van der Waals surface area (Å²) in [6.45, 7) is 2.02. The van der Waals surface area contributed by atoms with Crippen LogP contribution < -0.4 is 5.32 Å². The molecule has 5 nitrogen and oxygen atoms in total. The topological polar surface area (TPSA) is 52.7 Å². The monoisotopic (exact) mass is 335 g/mol. The Hall–Kier alpha value is -2.66. The van der Waals surface area contributed by atoms with Gasteiger partial charge >= 0.3 is 6.03 Å². The van der Waals surface area contributed by atoms with Crippen LogP contribution in [0.4, 0.5) is 4.79 Å². The number of hydrogen-bond donors (Lipinski definition) is 1. The molecular weight excluding hydrogens is 314 g/mol. The normalized spacial score (nSPS) is 26.4. The largest absolute Gasteiger partial charge is 0.326 e. The van der Waals surface area contributed by atoms with Crippen LogP contribution in [0.2, 0.25) is 0 Å². The van der Waals surface area contributed by atoms with E-state index >= 15 is 0 Å². The lowest BCUT2D eigenvalue weighted by Crippen LogP contribution is -2.64. The molecule has 0 saturated carbocycles. The molecule has 2 aromatic rings.